The summed E-state index contributed by atoms with van der Waals surface area (Å²) < 4.78 is 3.24. The Morgan fingerprint density at radius 3 is 2.41 bits per heavy atom. The van der Waals surface area contributed by atoms with E-state index >= 15 is 0 Å². The first kappa shape index (κ1) is 13.6. The highest BCUT2D eigenvalue weighted by Crippen LogP contribution is 2.42. The Labute approximate surface area is 120 Å². The average Bonchev–Trinajstić information content (AvgIpc) is 2.57. The molecule has 4 heteroatoms. The lowest BCUT2D eigenvalue weighted by Crippen LogP contribution is -2.29. The highest BCUT2D eigenvalue weighted by molar-refractivity contribution is 9.10. The summed E-state index contributed by atoms with van der Waals surface area (Å²) in [7, 11) is 2.05. The van der Waals surface area contributed by atoms with E-state index in [1.807, 2.05) is 4.68 Å². The molecule has 17 heavy (non-hydrogen) atoms. The quantitative estimate of drug-likeness (QED) is 0.728. The third-order valence-corrected chi connectivity index (χ3v) is 6.22. The number of hydrogen-bond acceptors (Lipinski definition) is 1. The Hall–Kier alpha value is 0.170. The molecule has 0 radical (unpaired) electrons. The highest BCUT2D eigenvalue weighted by atomic mass is 79.9. The Bertz CT molecular complexity index is 392. The fraction of sp³-hybridized carbons (Fsp3) is 0.769. The Balaban J connectivity index is 2.23. The van der Waals surface area contributed by atoms with Crippen LogP contribution >= 0.6 is 31.9 Å². The van der Waals surface area contributed by atoms with Gasteiger partial charge in [0.15, 0.2) is 0 Å². The zero-order valence-corrected chi connectivity index (χ0v) is 13.8. The van der Waals surface area contributed by atoms with E-state index in [0.29, 0.717) is 5.41 Å². The van der Waals surface area contributed by atoms with Crippen LogP contribution in [-0.2, 0) is 13.5 Å². The summed E-state index contributed by atoms with van der Waals surface area (Å²) in [5.74, 6) is 0. The van der Waals surface area contributed by atoms with Crippen LogP contribution in [0.1, 0.15) is 43.5 Å². The third kappa shape index (κ3) is 2.78. The van der Waals surface area contributed by atoms with Crippen LogP contribution in [0.4, 0.5) is 0 Å². The zero-order valence-electron chi connectivity index (χ0n) is 10.6. The van der Waals surface area contributed by atoms with Crippen molar-refractivity contribution in [3.05, 3.63) is 15.9 Å². The first-order chi connectivity index (χ1) is 8.08. The van der Waals surface area contributed by atoms with E-state index < -0.39 is 0 Å². The molecule has 0 saturated heterocycles. The van der Waals surface area contributed by atoms with Gasteiger partial charge in [-0.3, -0.25) is 4.68 Å². The van der Waals surface area contributed by atoms with Gasteiger partial charge in [0, 0.05) is 12.4 Å². The number of aryl methyl sites for hydroxylation is 2. The Kier molecular flexibility index (Phi) is 4.35. The lowest BCUT2D eigenvalue weighted by molar-refractivity contribution is 0.219. The molecule has 2 nitrogen and oxygen atoms in total. The first-order valence-corrected chi connectivity index (χ1v) is 8.23. The van der Waals surface area contributed by atoms with E-state index in [1.165, 1.54) is 42.3 Å². The second-order valence-corrected chi connectivity index (χ2v) is 6.69. The van der Waals surface area contributed by atoms with Crippen LogP contribution in [0.15, 0.2) is 4.47 Å². The second-order valence-electron chi connectivity index (χ2n) is 5.34. The predicted octanol–water partition coefficient (Wildman–Crippen LogP) is 4.38. The van der Waals surface area contributed by atoms with Crippen molar-refractivity contribution in [2.75, 3.05) is 5.33 Å². The summed E-state index contributed by atoms with van der Waals surface area (Å²) in [6.45, 7) is 2.06. The summed E-state index contributed by atoms with van der Waals surface area (Å²) in [4.78, 5) is 0. The summed E-state index contributed by atoms with van der Waals surface area (Å²) in [6.07, 6.45) is 7.97. The molecule has 0 bridgehead atoms. The molecular formula is C13H20Br2N2. The minimum absolute atomic E-state index is 0.445. The van der Waals surface area contributed by atoms with Gasteiger partial charge in [-0.15, -0.1) is 0 Å². The summed E-state index contributed by atoms with van der Waals surface area (Å²) in [6, 6.07) is 0. The molecule has 0 unspecified atom stereocenters. The van der Waals surface area contributed by atoms with Crippen molar-refractivity contribution in [2.45, 2.75) is 45.4 Å². The summed E-state index contributed by atoms with van der Waals surface area (Å²) >= 11 is 7.42. The average molecular weight is 364 g/mol. The van der Waals surface area contributed by atoms with Crippen molar-refractivity contribution < 1.29 is 0 Å². The van der Waals surface area contributed by atoms with Crippen molar-refractivity contribution in [3.63, 3.8) is 0 Å². The van der Waals surface area contributed by atoms with Crippen LogP contribution in [0, 0.1) is 12.3 Å². The van der Waals surface area contributed by atoms with E-state index in [1.54, 1.807) is 0 Å². The second kappa shape index (κ2) is 5.43. The van der Waals surface area contributed by atoms with Gasteiger partial charge in [0.25, 0.3) is 0 Å². The van der Waals surface area contributed by atoms with Gasteiger partial charge in [-0.25, -0.2) is 0 Å². The third-order valence-electron chi connectivity index (χ3n) is 4.00. The number of aromatic nitrogens is 2. The predicted molar refractivity (Wildman–Crippen MR) is 78.7 cm³/mol. The van der Waals surface area contributed by atoms with E-state index in [9.17, 15) is 0 Å². The molecule has 1 aromatic heterocycles. The topological polar surface area (TPSA) is 17.8 Å². The molecule has 0 atom stereocenters. The molecule has 0 N–H and O–H groups in total. The van der Waals surface area contributed by atoms with Gasteiger partial charge in [0.2, 0.25) is 0 Å². The van der Waals surface area contributed by atoms with Crippen molar-refractivity contribution in [1.29, 1.82) is 0 Å². The van der Waals surface area contributed by atoms with E-state index in [-0.39, 0.29) is 0 Å². The van der Waals surface area contributed by atoms with E-state index in [2.05, 4.69) is 50.9 Å². The van der Waals surface area contributed by atoms with Gasteiger partial charge < -0.3 is 0 Å². The number of halogens is 2. The molecule has 1 saturated carbocycles. The maximum absolute atomic E-state index is 4.50. The summed E-state index contributed by atoms with van der Waals surface area (Å²) in [5.41, 5.74) is 2.90. The first-order valence-electron chi connectivity index (χ1n) is 6.32. The largest absolute Gasteiger partial charge is 0.271 e. The van der Waals surface area contributed by atoms with Gasteiger partial charge >= 0.3 is 0 Å². The zero-order chi connectivity index (χ0) is 12.5. The molecule has 1 heterocycles. The molecule has 0 aliphatic heterocycles. The minimum Gasteiger partial charge on any atom is -0.271 e. The fourth-order valence-corrected chi connectivity index (χ4v) is 4.12. The maximum atomic E-state index is 4.50. The maximum Gasteiger partial charge on any atom is 0.0738 e. The van der Waals surface area contributed by atoms with E-state index in [4.69, 9.17) is 0 Å². The van der Waals surface area contributed by atoms with Crippen LogP contribution < -0.4 is 0 Å². The Morgan fingerprint density at radius 2 is 1.94 bits per heavy atom. The van der Waals surface area contributed by atoms with Crippen molar-refractivity contribution in [3.8, 4) is 0 Å². The molecule has 1 fully saturated rings. The van der Waals surface area contributed by atoms with Crippen molar-refractivity contribution >= 4 is 31.9 Å². The van der Waals surface area contributed by atoms with Gasteiger partial charge in [-0.2, -0.15) is 5.10 Å². The van der Waals surface area contributed by atoms with Gasteiger partial charge in [-0.1, -0.05) is 35.2 Å². The lowest BCUT2D eigenvalue weighted by Gasteiger charge is -2.36. The van der Waals surface area contributed by atoms with Crippen LogP contribution in [-0.4, -0.2) is 15.1 Å². The number of rotatable bonds is 3. The monoisotopic (exact) mass is 362 g/mol. The molecule has 0 amide bonds. The van der Waals surface area contributed by atoms with Gasteiger partial charge in [0.05, 0.1) is 15.9 Å². The number of alkyl halides is 1. The Morgan fingerprint density at radius 1 is 1.29 bits per heavy atom. The number of nitrogens with zero attached hydrogens (tertiary/aromatic N) is 2. The summed E-state index contributed by atoms with van der Waals surface area (Å²) in [5, 5.41) is 5.60. The highest BCUT2D eigenvalue weighted by Gasteiger charge is 2.33. The molecular weight excluding hydrogens is 344 g/mol. The van der Waals surface area contributed by atoms with E-state index in [0.717, 1.165) is 17.4 Å². The molecule has 2 rings (SSSR count). The van der Waals surface area contributed by atoms with Gasteiger partial charge in [0.1, 0.15) is 0 Å². The normalized spacial score (nSPS) is 19.5. The molecule has 1 aliphatic rings. The molecule has 0 aromatic carbocycles. The van der Waals surface area contributed by atoms with Crippen LogP contribution in [0.3, 0.4) is 0 Å². The smallest absolute Gasteiger partial charge is 0.0738 e. The fourth-order valence-electron chi connectivity index (χ4n) is 2.89. The number of hydrogen-bond donors (Lipinski definition) is 0. The standard InChI is InChI=1S/C13H20Br2N2/c1-10-12(15)11(17(2)16-10)8-13(9-14)6-4-3-5-7-13/h3-9H2,1-2H3. The lowest BCUT2D eigenvalue weighted by atomic mass is 9.73. The van der Waals surface area contributed by atoms with Crippen LogP contribution in [0.25, 0.3) is 0 Å². The van der Waals surface area contributed by atoms with Crippen LogP contribution in [0.2, 0.25) is 0 Å². The molecule has 1 aliphatic carbocycles. The van der Waals surface area contributed by atoms with Gasteiger partial charge in [-0.05, 0) is 47.5 Å². The van der Waals surface area contributed by atoms with Crippen LogP contribution in [0.5, 0.6) is 0 Å². The molecule has 0 spiro atoms. The SMILES string of the molecule is Cc1nn(C)c(CC2(CBr)CCCCC2)c1Br. The molecule has 1 aromatic rings. The van der Waals surface area contributed by atoms with Crippen molar-refractivity contribution in [1.82, 2.24) is 9.78 Å². The molecule has 96 valence electrons. The van der Waals surface area contributed by atoms with Crippen molar-refractivity contribution in [2.24, 2.45) is 12.5 Å². The minimum atomic E-state index is 0.445.